The average Bonchev–Trinajstić information content (AvgIpc) is 3.46. The molecule has 2 heterocycles. The molecule has 4 aromatic carbocycles. The van der Waals surface area contributed by atoms with Gasteiger partial charge in [0.05, 0.1) is 11.4 Å². The van der Waals surface area contributed by atoms with Gasteiger partial charge in [-0.1, -0.05) is 72.8 Å². The topological polar surface area (TPSA) is 47.1 Å². The van der Waals surface area contributed by atoms with Crippen molar-refractivity contribution in [3.05, 3.63) is 91.0 Å². The van der Waals surface area contributed by atoms with E-state index in [4.69, 9.17) is 14.5 Å². The first-order chi connectivity index (χ1) is 14.9. The molecule has 1 N–H and O–H groups in total. The summed E-state index contributed by atoms with van der Waals surface area (Å²) in [6, 6.07) is 31.0. The summed E-state index contributed by atoms with van der Waals surface area (Å²) in [5.41, 5.74) is 5.10. The normalized spacial score (nSPS) is 12.4. The molecule has 0 fully saturated rings. The Morgan fingerprint density at radius 2 is 1.50 bits per heavy atom. The summed E-state index contributed by atoms with van der Waals surface area (Å²) in [5, 5.41) is 2.39. The third-order valence-corrected chi connectivity index (χ3v) is 5.46. The Bertz CT molecular complexity index is 1370. The van der Waals surface area contributed by atoms with Crippen LogP contribution in [0.5, 0.6) is 11.5 Å². The van der Waals surface area contributed by atoms with Crippen molar-refractivity contribution in [3.8, 4) is 45.4 Å². The van der Waals surface area contributed by atoms with Crippen molar-refractivity contribution in [1.29, 1.82) is 0 Å². The van der Waals surface area contributed by atoms with E-state index in [0.717, 1.165) is 45.4 Å². The van der Waals surface area contributed by atoms with Crippen LogP contribution in [-0.4, -0.2) is 16.8 Å². The molecule has 0 saturated heterocycles. The lowest BCUT2D eigenvalue weighted by Gasteiger charge is -2.07. The maximum atomic E-state index is 5.56. The Balaban J connectivity index is 1.58. The van der Waals surface area contributed by atoms with Crippen LogP contribution < -0.4 is 9.47 Å². The van der Waals surface area contributed by atoms with Crippen LogP contribution in [0.25, 0.3) is 44.7 Å². The first kappa shape index (κ1) is 16.9. The van der Waals surface area contributed by atoms with Gasteiger partial charge >= 0.3 is 0 Å². The van der Waals surface area contributed by atoms with Gasteiger partial charge < -0.3 is 14.5 Å². The minimum absolute atomic E-state index is 0.257. The largest absolute Gasteiger partial charge is 0.454 e. The second-order valence-corrected chi connectivity index (χ2v) is 7.27. The number of fused-ring (bicyclic) bond motifs is 2. The summed E-state index contributed by atoms with van der Waals surface area (Å²) in [5.74, 6) is 2.31. The number of H-pyrrole nitrogens is 1. The smallest absolute Gasteiger partial charge is 0.231 e. The molecule has 1 aromatic heterocycles. The van der Waals surface area contributed by atoms with E-state index in [1.165, 1.54) is 10.8 Å². The average molecular weight is 390 g/mol. The SMILES string of the molecule is c1ccc(-c2nc(-c3ccc4c(c3)OCO4)[nH]c2-c2cccc3ccccc23)cc1. The molecule has 5 aromatic rings. The van der Waals surface area contributed by atoms with E-state index in [2.05, 4.69) is 59.6 Å². The summed E-state index contributed by atoms with van der Waals surface area (Å²) in [7, 11) is 0. The molecule has 0 atom stereocenters. The predicted molar refractivity (Wildman–Crippen MR) is 119 cm³/mol. The number of nitrogens with zero attached hydrogens (tertiary/aromatic N) is 1. The highest BCUT2D eigenvalue weighted by molar-refractivity contribution is 5.99. The fourth-order valence-corrected chi connectivity index (χ4v) is 4.00. The van der Waals surface area contributed by atoms with Crippen LogP contribution in [0.4, 0.5) is 0 Å². The number of benzene rings is 4. The zero-order chi connectivity index (χ0) is 19.9. The lowest BCUT2D eigenvalue weighted by atomic mass is 9.99. The molecular formula is C26H18N2O2. The number of nitrogens with one attached hydrogen (secondary N) is 1. The van der Waals surface area contributed by atoms with Gasteiger partial charge in [0.2, 0.25) is 6.79 Å². The first-order valence-corrected chi connectivity index (χ1v) is 9.90. The maximum Gasteiger partial charge on any atom is 0.231 e. The molecule has 0 radical (unpaired) electrons. The van der Waals surface area contributed by atoms with Crippen molar-refractivity contribution in [2.75, 3.05) is 6.79 Å². The molecule has 0 aliphatic carbocycles. The number of ether oxygens (including phenoxy) is 2. The highest BCUT2D eigenvalue weighted by Crippen LogP contribution is 2.39. The summed E-state index contributed by atoms with van der Waals surface area (Å²) in [6.45, 7) is 0.257. The van der Waals surface area contributed by atoms with Crippen molar-refractivity contribution in [2.24, 2.45) is 0 Å². The standard InChI is InChI=1S/C26H18N2O2/c1-2-8-18(9-3-1)24-25(21-12-6-10-17-7-4-5-11-20(17)21)28-26(27-24)19-13-14-22-23(15-19)30-16-29-22/h1-15H,16H2,(H,27,28). The molecule has 4 nitrogen and oxygen atoms in total. The molecular weight excluding hydrogens is 372 g/mol. The monoisotopic (exact) mass is 390 g/mol. The van der Waals surface area contributed by atoms with Crippen LogP contribution in [0.15, 0.2) is 91.0 Å². The summed E-state index contributed by atoms with van der Waals surface area (Å²) >= 11 is 0. The van der Waals surface area contributed by atoms with E-state index in [-0.39, 0.29) is 6.79 Å². The van der Waals surface area contributed by atoms with Crippen molar-refractivity contribution >= 4 is 10.8 Å². The van der Waals surface area contributed by atoms with Crippen LogP contribution in [0, 0.1) is 0 Å². The lowest BCUT2D eigenvalue weighted by Crippen LogP contribution is -1.92. The van der Waals surface area contributed by atoms with Crippen LogP contribution in [0.3, 0.4) is 0 Å². The molecule has 30 heavy (non-hydrogen) atoms. The number of imidazole rings is 1. The van der Waals surface area contributed by atoms with Crippen molar-refractivity contribution in [3.63, 3.8) is 0 Å². The number of rotatable bonds is 3. The second kappa shape index (κ2) is 6.78. The maximum absolute atomic E-state index is 5.56. The molecule has 1 aliphatic heterocycles. The Morgan fingerprint density at radius 1 is 0.700 bits per heavy atom. The van der Waals surface area contributed by atoms with Gasteiger partial charge in [-0.25, -0.2) is 4.98 Å². The predicted octanol–water partition coefficient (Wildman–Crippen LogP) is 6.29. The molecule has 0 spiro atoms. The molecule has 4 heteroatoms. The molecule has 0 bridgehead atoms. The summed E-state index contributed by atoms with van der Waals surface area (Å²) in [4.78, 5) is 8.60. The van der Waals surface area contributed by atoms with Crippen LogP contribution in [0.1, 0.15) is 0 Å². The molecule has 6 rings (SSSR count). The van der Waals surface area contributed by atoms with Crippen molar-refractivity contribution in [2.45, 2.75) is 0 Å². The van der Waals surface area contributed by atoms with Gasteiger partial charge in [0.15, 0.2) is 11.5 Å². The van der Waals surface area contributed by atoms with Gasteiger partial charge in [-0.3, -0.25) is 0 Å². The van der Waals surface area contributed by atoms with E-state index in [0.29, 0.717) is 0 Å². The van der Waals surface area contributed by atoms with Gasteiger partial charge in [0, 0.05) is 16.7 Å². The first-order valence-electron chi connectivity index (χ1n) is 9.90. The molecule has 0 saturated carbocycles. The van der Waals surface area contributed by atoms with Crippen molar-refractivity contribution < 1.29 is 9.47 Å². The zero-order valence-corrected chi connectivity index (χ0v) is 16.1. The van der Waals surface area contributed by atoms with E-state index in [1.54, 1.807) is 0 Å². The van der Waals surface area contributed by atoms with E-state index >= 15 is 0 Å². The Morgan fingerprint density at radius 3 is 2.43 bits per heavy atom. The number of hydrogen-bond donors (Lipinski definition) is 1. The van der Waals surface area contributed by atoms with Crippen LogP contribution in [0.2, 0.25) is 0 Å². The van der Waals surface area contributed by atoms with Gasteiger partial charge in [-0.05, 0) is 29.0 Å². The van der Waals surface area contributed by atoms with Crippen LogP contribution in [-0.2, 0) is 0 Å². The molecule has 0 unspecified atom stereocenters. The molecule has 0 amide bonds. The quantitative estimate of drug-likeness (QED) is 0.394. The minimum Gasteiger partial charge on any atom is -0.454 e. The number of aromatic amines is 1. The van der Waals surface area contributed by atoms with E-state index in [9.17, 15) is 0 Å². The fourth-order valence-electron chi connectivity index (χ4n) is 4.00. The lowest BCUT2D eigenvalue weighted by molar-refractivity contribution is 0.174. The number of aromatic nitrogens is 2. The third-order valence-electron chi connectivity index (χ3n) is 5.46. The highest BCUT2D eigenvalue weighted by Gasteiger charge is 2.19. The Labute approximate surface area is 173 Å². The zero-order valence-electron chi connectivity index (χ0n) is 16.1. The summed E-state index contributed by atoms with van der Waals surface area (Å²) < 4.78 is 11.0. The summed E-state index contributed by atoms with van der Waals surface area (Å²) in [6.07, 6.45) is 0. The Kier molecular flexibility index (Phi) is 3.81. The van der Waals surface area contributed by atoms with Gasteiger partial charge in [-0.2, -0.15) is 0 Å². The third kappa shape index (κ3) is 2.73. The van der Waals surface area contributed by atoms with E-state index in [1.807, 2.05) is 36.4 Å². The van der Waals surface area contributed by atoms with Gasteiger partial charge in [0.25, 0.3) is 0 Å². The van der Waals surface area contributed by atoms with Crippen molar-refractivity contribution in [1.82, 2.24) is 9.97 Å². The van der Waals surface area contributed by atoms with E-state index < -0.39 is 0 Å². The Hall–Kier alpha value is -4.05. The van der Waals surface area contributed by atoms with Gasteiger partial charge in [-0.15, -0.1) is 0 Å². The highest BCUT2D eigenvalue weighted by atomic mass is 16.7. The number of hydrogen-bond acceptors (Lipinski definition) is 3. The second-order valence-electron chi connectivity index (χ2n) is 7.27. The molecule has 1 aliphatic rings. The molecule has 144 valence electrons. The van der Waals surface area contributed by atoms with Gasteiger partial charge in [0.1, 0.15) is 5.82 Å². The van der Waals surface area contributed by atoms with Crippen LogP contribution >= 0.6 is 0 Å². The fraction of sp³-hybridized carbons (Fsp3) is 0.0385. The minimum atomic E-state index is 0.257.